The average molecular weight is 337 g/mol. The number of hydrazone groups is 1. The summed E-state index contributed by atoms with van der Waals surface area (Å²) >= 11 is 0. The number of carbonyl (C=O) groups is 2. The summed E-state index contributed by atoms with van der Waals surface area (Å²) in [6.45, 7) is 1.93. The number of nitrogens with one attached hydrogen (secondary N) is 1. The maximum atomic E-state index is 12.2. The smallest absolute Gasteiger partial charge is 0.280 e. The van der Waals surface area contributed by atoms with Crippen molar-refractivity contribution in [2.45, 2.75) is 13.3 Å². The minimum absolute atomic E-state index is 0.0783. The van der Waals surface area contributed by atoms with Crippen molar-refractivity contribution in [2.75, 3.05) is 18.5 Å². The van der Waals surface area contributed by atoms with Crippen molar-refractivity contribution in [3.8, 4) is 5.75 Å². The molecule has 3 rings (SSSR count). The van der Waals surface area contributed by atoms with E-state index in [0.717, 1.165) is 17.7 Å². The van der Waals surface area contributed by atoms with E-state index < -0.39 is 0 Å². The summed E-state index contributed by atoms with van der Waals surface area (Å²) in [7, 11) is 0. The van der Waals surface area contributed by atoms with E-state index in [1.54, 1.807) is 24.3 Å². The second-order valence-electron chi connectivity index (χ2n) is 5.67. The third kappa shape index (κ3) is 4.44. The zero-order valence-corrected chi connectivity index (χ0v) is 13.9. The van der Waals surface area contributed by atoms with Crippen LogP contribution in [-0.2, 0) is 9.59 Å². The van der Waals surface area contributed by atoms with Gasteiger partial charge in [0.05, 0.1) is 12.3 Å². The van der Waals surface area contributed by atoms with Crippen LogP contribution in [0.15, 0.2) is 59.7 Å². The minimum atomic E-state index is -0.183. The number of ether oxygens (including phenoxy) is 1. The summed E-state index contributed by atoms with van der Waals surface area (Å²) in [5.74, 6) is 0.246. The number of rotatable bonds is 5. The Hall–Kier alpha value is -3.15. The molecule has 2 amide bonds. The van der Waals surface area contributed by atoms with E-state index in [2.05, 4.69) is 10.4 Å². The van der Waals surface area contributed by atoms with Crippen LogP contribution in [0.5, 0.6) is 5.75 Å². The highest BCUT2D eigenvalue weighted by atomic mass is 16.5. The Morgan fingerprint density at radius 2 is 1.84 bits per heavy atom. The lowest BCUT2D eigenvalue weighted by Crippen LogP contribution is -2.28. The molecule has 0 aromatic heterocycles. The highest BCUT2D eigenvalue weighted by Gasteiger charge is 2.21. The molecule has 1 heterocycles. The minimum Gasteiger partial charge on any atom is -0.484 e. The van der Waals surface area contributed by atoms with Gasteiger partial charge >= 0.3 is 0 Å². The summed E-state index contributed by atoms with van der Waals surface area (Å²) in [4.78, 5) is 23.2. The first-order valence-corrected chi connectivity index (χ1v) is 8.05. The van der Waals surface area contributed by atoms with E-state index in [4.69, 9.17) is 4.74 Å². The first kappa shape index (κ1) is 16.7. The highest BCUT2D eigenvalue weighted by molar-refractivity contribution is 6.02. The van der Waals surface area contributed by atoms with Crippen LogP contribution >= 0.6 is 0 Å². The van der Waals surface area contributed by atoms with E-state index in [1.165, 1.54) is 11.9 Å². The fourth-order valence-electron chi connectivity index (χ4n) is 2.53. The van der Waals surface area contributed by atoms with Crippen molar-refractivity contribution >= 4 is 23.2 Å². The maximum Gasteiger partial charge on any atom is 0.280 e. The lowest BCUT2D eigenvalue weighted by atomic mass is 10.1. The fourth-order valence-corrected chi connectivity index (χ4v) is 2.53. The largest absolute Gasteiger partial charge is 0.484 e. The van der Waals surface area contributed by atoms with Crippen molar-refractivity contribution in [3.05, 3.63) is 60.2 Å². The Kier molecular flexibility index (Phi) is 5.09. The predicted molar refractivity (Wildman–Crippen MR) is 95.5 cm³/mol. The average Bonchev–Trinajstić information content (AvgIpc) is 3.11. The second-order valence-corrected chi connectivity index (χ2v) is 5.67. The standard InChI is InChI=1S/C19H19N3O3/c1-14(23)20-16-7-9-17(10-8-16)25-13-19(24)22-12-11-18(21-22)15-5-3-2-4-6-15/h2-10H,11-13H2,1H3,(H,20,23). The van der Waals surface area contributed by atoms with Crippen molar-refractivity contribution in [2.24, 2.45) is 5.10 Å². The first-order chi connectivity index (χ1) is 12.1. The van der Waals surface area contributed by atoms with Gasteiger partial charge in [0.25, 0.3) is 5.91 Å². The third-order valence-corrected chi connectivity index (χ3v) is 3.73. The molecule has 1 N–H and O–H groups in total. The number of hydrogen-bond acceptors (Lipinski definition) is 4. The van der Waals surface area contributed by atoms with Crippen LogP contribution in [0.2, 0.25) is 0 Å². The summed E-state index contributed by atoms with van der Waals surface area (Å²) in [5.41, 5.74) is 2.63. The zero-order chi connectivity index (χ0) is 17.6. The topological polar surface area (TPSA) is 71.0 Å². The lowest BCUT2D eigenvalue weighted by Gasteiger charge is -2.12. The van der Waals surface area contributed by atoms with Crippen LogP contribution in [0.3, 0.4) is 0 Å². The van der Waals surface area contributed by atoms with Crippen molar-refractivity contribution in [3.63, 3.8) is 0 Å². The molecule has 2 aromatic rings. The molecule has 0 unspecified atom stereocenters. The molecule has 0 atom stereocenters. The molecule has 6 nitrogen and oxygen atoms in total. The van der Waals surface area contributed by atoms with Crippen LogP contribution in [0, 0.1) is 0 Å². The molecule has 0 aliphatic carbocycles. The molecule has 0 spiro atoms. The molecule has 0 saturated heterocycles. The molecule has 1 aliphatic rings. The molecular weight excluding hydrogens is 318 g/mol. The van der Waals surface area contributed by atoms with E-state index in [1.807, 2.05) is 30.3 Å². The van der Waals surface area contributed by atoms with Gasteiger partial charge in [-0.05, 0) is 29.8 Å². The fraction of sp³-hybridized carbons (Fsp3) is 0.211. The lowest BCUT2D eigenvalue weighted by molar-refractivity contribution is -0.132. The van der Waals surface area contributed by atoms with Gasteiger partial charge in [0.1, 0.15) is 5.75 Å². The third-order valence-electron chi connectivity index (χ3n) is 3.73. The van der Waals surface area contributed by atoms with Gasteiger partial charge in [-0.15, -0.1) is 0 Å². The molecule has 0 fully saturated rings. The van der Waals surface area contributed by atoms with Gasteiger partial charge in [-0.3, -0.25) is 9.59 Å². The molecule has 0 radical (unpaired) electrons. The normalized spacial score (nSPS) is 13.3. The van der Waals surface area contributed by atoms with E-state index in [-0.39, 0.29) is 18.4 Å². The first-order valence-electron chi connectivity index (χ1n) is 8.05. The predicted octanol–water partition coefficient (Wildman–Crippen LogP) is 2.66. The summed E-state index contributed by atoms with van der Waals surface area (Å²) in [5, 5.41) is 8.52. The Labute approximate surface area is 146 Å². The summed E-state index contributed by atoms with van der Waals surface area (Å²) < 4.78 is 5.51. The number of hydrogen-bond donors (Lipinski definition) is 1. The molecule has 25 heavy (non-hydrogen) atoms. The van der Waals surface area contributed by atoms with Gasteiger partial charge < -0.3 is 10.1 Å². The van der Waals surface area contributed by atoms with Gasteiger partial charge in [0, 0.05) is 19.0 Å². The van der Waals surface area contributed by atoms with Crippen molar-refractivity contribution in [1.29, 1.82) is 0 Å². The number of amides is 2. The van der Waals surface area contributed by atoms with Crippen LogP contribution in [0.1, 0.15) is 18.9 Å². The van der Waals surface area contributed by atoms with E-state index in [9.17, 15) is 9.59 Å². The summed E-state index contributed by atoms with van der Waals surface area (Å²) in [6.07, 6.45) is 0.737. The van der Waals surface area contributed by atoms with Gasteiger partial charge in [0.2, 0.25) is 5.91 Å². The van der Waals surface area contributed by atoms with Gasteiger partial charge in [-0.2, -0.15) is 5.10 Å². The van der Waals surface area contributed by atoms with Crippen LogP contribution in [0.4, 0.5) is 5.69 Å². The van der Waals surface area contributed by atoms with Gasteiger partial charge in [-0.1, -0.05) is 30.3 Å². The Morgan fingerprint density at radius 3 is 2.52 bits per heavy atom. The number of carbonyl (C=O) groups excluding carboxylic acids is 2. The molecule has 2 aromatic carbocycles. The van der Waals surface area contributed by atoms with Crippen LogP contribution < -0.4 is 10.1 Å². The van der Waals surface area contributed by atoms with Crippen molar-refractivity contribution < 1.29 is 14.3 Å². The number of benzene rings is 2. The monoisotopic (exact) mass is 337 g/mol. The second kappa shape index (κ2) is 7.61. The molecule has 0 saturated carbocycles. The Morgan fingerprint density at radius 1 is 1.12 bits per heavy atom. The maximum absolute atomic E-state index is 12.2. The summed E-state index contributed by atoms with van der Waals surface area (Å²) in [6, 6.07) is 16.7. The Bertz CT molecular complexity index is 785. The van der Waals surface area contributed by atoms with Gasteiger partial charge in [-0.25, -0.2) is 5.01 Å². The van der Waals surface area contributed by atoms with Crippen molar-refractivity contribution in [1.82, 2.24) is 5.01 Å². The van der Waals surface area contributed by atoms with E-state index in [0.29, 0.717) is 18.0 Å². The van der Waals surface area contributed by atoms with E-state index >= 15 is 0 Å². The SMILES string of the molecule is CC(=O)Nc1ccc(OCC(=O)N2CCC(c3ccccc3)=N2)cc1. The molecular formula is C19H19N3O3. The van der Waals surface area contributed by atoms with Gasteiger partial charge in [0.15, 0.2) is 6.61 Å². The Balaban J connectivity index is 1.54. The molecule has 1 aliphatic heterocycles. The molecule has 128 valence electrons. The zero-order valence-electron chi connectivity index (χ0n) is 13.9. The van der Waals surface area contributed by atoms with Crippen LogP contribution in [-0.4, -0.2) is 35.7 Å². The highest BCUT2D eigenvalue weighted by Crippen LogP contribution is 2.17. The van der Waals surface area contributed by atoms with Crippen LogP contribution in [0.25, 0.3) is 0 Å². The quantitative estimate of drug-likeness (QED) is 0.912. The molecule has 6 heteroatoms. The number of anilines is 1. The number of nitrogens with zero attached hydrogens (tertiary/aromatic N) is 2. The molecule has 0 bridgehead atoms.